The number of aromatic nitrogens is 1. The summed E-state index contributed by atoms with van der Waals surface area (Å²) in [6, 6.07) is 2.95. The number of rotatable bonds is 1. The molecule has 0 saturated heterocycles. The van der Waals surface area contributed by atoms with E-state index >= 15 is 0 Å². The monoisotopic (exact) mass is 301 g/mol. The summed E-state index contributed by atoms with van der Waals surface area (Å²) in [5.41, 5.74) is 1.01. The van der Waals surface area contributed by atoms with Crippen molar-refractivity contribution in [2.75, 3.05) is 0 Å². The molecular formula is C11H9BrFNO3. The first-order valence-corrected chi connectivity index (χ1v) is 5.36. The van der Waals surface area contributed by atoms with Crippen LogP contribution in [-0.4, -0.2) is 22.3 Å². The van der Waals surface area contributed by atoms with Crippen LogP contribution in [0.15, 0.2) is 22.8 Å². The smallest absolute Gasteiger partial charge is 0.290 e. The minimum absolute atomic E-state index is 0.145. The summed E-state index contributed by atoms with van der Waals surface area (Å²) in [4.78, 5) is 22.4. The Morgan fingerprint density at radius 2 is 2.12 bits per heavy atom. The van der Waals surface area contributed by atoms with Gasteiger partial charge in [-0.05, 0) is 35.0 Å². The molecular weight excluding hydrogens is 293 g/mol. The third-order valence-corrected chi connectivity index (χ3v) is 2.77. The highest BCUT2D eigenvalue weighted by atomic mass is 79.9. The van der Waals surface area contributed by atoms with Crippen molar-refractivity contribution in [3.05, 3.63) is 34.2 Å². The van der Waals surface area contributed by atoms with Gasteiger partial charge in [-0.15, -0.1) is 0 Å². The first-order chi connectivity index (χ1) is 8.02. The molecule has 0 aliphatic carbocycles. The van der Waals surface area contributed by atoms with Crippen molar-refractivity contribution < 1.29 is 19.1 Å². The molecule has 2 aromatic rings. The van der Waals surface area contributed by atoms with Crippen molar-refractivity contribution in [3.63, 3.8) is 0 Å². The van der Waals surface area contributed by atoms with Gasteiger partial charge in [-0.2, -0.15) is 0 Å². The zero-order valence-corrected chi connectivity index (χ0v) is 10.4. The van der Waals surface area contributed by atoms with Gasteiger partial charge in [-0.3, -0.25) is 9.59 Å². The molecule has 1 aromatic heterocycles. The number of aromatic amines is 1. The van der Waals surface area contributed by atoms with Crippen molar-refractivity contribution in [2.24, 2.45) is 0 Å². The standard InChI is InChI=1S/C10H7BrFNO.CH2O2/c1-5(14)6-4-13-10-7(11)2-3-8(12)9(6)10;2-1-3/h2-4,13H,1H3;1H,(H,2,3). The fraction of sp³-hybridized carbons (Fsp3) is 0.0909. The molecule has 90 valence electrons. The summed E-state index contributed by atoms with van der Waals surface area (Å²) in [5, 5.41) is 7.24. The van der Waals surface area contributed by atoms with Gasteiger partial charge in [-0.25, -0.2) is 4.39 Å². The molecule has 17 heavy (non-hydrogen) atoms. The van der Waals surface area contributed by atoms with Gasteiger partial charge in [0.15, 0.2) is 5.78 Å². The number of carbonyl (C=O) groups is 2. The molecule has 0 unspecified atom stereocenters. The van der Waals surface area contributed by atoms with Gasteiger partial charge >= 0.3 is 0 Å². The number of Topliss-reactive ketones (excluding diaryl/α,β-unsaturated/α-hetero) is 1. The lowest BCUT2D eigenvalue weighted by atomic mass is 10.1. The maximum Gasteiger partial charge on any atom is 0.290 e. The summed E-state index contributed by atoms with van der Waals surface area (Å²) in [5.74, 6) is -0.525. The summed E-state index contributed by atoms with van der Waals surface area (Å²) >= 11 is 3.28. The maximum absolute atomic E-state index is 13.4. The Balaban J connectivity index is 0.000000437. The van der Waals surface area contributed by atoms with E-state index in [1.807, 2.05) is 0 Å². The second-order valence-electron chi connectivity index (χ2n) is 3.14. The Labute approximate surface area is 105 Å². The minimum atomic E-state index is -0.380. The van der Waals surface area contributed by atoms with Crippen molar-refractivity contribution >= 4 is 39.1 Å². The molecule has 0 aliphatic rings. The first kappa shape index (κ1) is 13.4. The predicted octanol–water partition coefficient (Wildman–Crippen LogP) is 2.97. The first-order valence-electron chi connectivity index (χ1n) is 4.56. The molecule has 0 bridgehead atoms. The van der Waals surface area contributed by atoms with Gasteiger partial charge in [0.05, 0.1) is 5.52 Å². The number of hydrogen-bond donors (Lipinski definition) is 2. The molecule has 0 saturated carbocycles. The van der Waals surface area contributed by atoms with E-state index in [1.54, 1.807) is 6.07 Å². The Morgan fingerprint density at radius 1 is 1.53 bits per heavy atom. The number of benzene rings is 1. The van der Waals surface area contributed by atoms with E-state index in [-0.39, 0.29) is 18.1 Å². The third kappa shape index (κ3) is 2.71. The lowest BCUT2D eigenvalue weighted by molar-refractivity contribution is -0.122. The number of ketones is 1. The molecule has 0 fully saturated rings. The van der Waals surface area contributed by atoms with E-state index in [0.717, 1.165) is 4.47 Å². The number of hydrogen-bond acceptors (Lipinski definition) is 2. The molecule has 0 aliphatic heterocycles. The molecule has 1 heterocycles. The van der Waals surface area contributed by atoms with Crippen LogP contribution in [0.25, 0.3) is 10.9 Å². The highest BCUT2D eigenvalue weighted by Crippen LogP contribution is 2.28. The molecule has 2 N–H and O–H groups in total. The predicted molar refractivity (Wildman–Crippen MR) is 64.7 cm³/mol. The van der Waals surface area contributed by atoms with E-state index < -0.39 is 0 Å². The Morgan fingerprint density at radius 3 is 2.65 bits per heavy atom. The molecule has 0 atom stereocenters. The van der Waals surface area contributed by atoms with E-state index in [2.05, 4.69) is 20.9 Å². The van der Waals surface area contributed by atoms with Crippen molar-refractivity contribution in [3.8, 4) is 0 Å². The molecule has 0 spiro atoms. The molecule has 0 amide bonds. The summed E-state index contributed by atoms with van der Waals surface area (Å²) < 4.78 is 14.2. The second-order valence-corrected chi connectivity index (χ2v) is 4.00. The van der Waals surface area contributed by atoms with E-state index in [1.165, 1.54) is 19.2 Å². The SMILES string of the molecule is CC(=O)c1c[nH]c2c(Br)ccc(F)c12.O=CO. The lowest BCUT2D eigenvalue weighted by Gasteiger charge is -1.97. The van der Waals surface area contributed by atoms with Crippen LogP contribution in [0.4, 0.5) is 4.39 Å². The number of H-pyrrole nitrogens is 1. The Hall–Kier alpha value is -1.69. The molecule has 6 heteroatoms. The van der Waals surface area contributed by atoms with Crippen LogP contribution in [0.1, 0.15) is 17.3 Å². The van der Waals surface area contributed by atoms with Gasteiger partial charge in [-0.1, -0.05) is 0 Å². The van der Waals surface area contributed by atoms with E-state index in [0.29, 0.717) is 16.5 Å². The minimum Gasteiger partial charge on any atom is -0.483 e. The molecule has 1 aromatic carbocycles. The molecule has 0 radical (unpaired) electrons. The van der Waals surface area contributed by atoms with Crippen molar-refractivity contribution in [1.82, 2.24) is 4.98 Å². The zero-order valence-electron chi connectivity index (χ0n) is 8.83. The molecule has 2 rings (SSSR count). The molecule has 4 nitrogen and oxygen atoms in total. The third-order valence-electron chi connectivity index (χ3n) is 2.11. The average Bonchev–Trinajstić information content (AvgIpc) is 2.70. The van der Waals surface area contributed by atoms with Gasteiger partial charge < -0.3 is 10.1 Å². The van der Waals surface area contributed by atoms with E-state index in [9.17, 15) is 9.18 Å². The van der Waals surface area contributed by atoms with Gasteiger partial charge in [0.1, 0.15) is 5.82 Å². The summed E-state index contributed by atoms with van der Waals surface area (Å²) in [6.07, 6.45) is 1.53. The number of carbonyl (C=O) groups excluding carboxylic acids is 1. The highest BCUT2D eigenvalue weighted by molar-refractivity contribution is 9.10. The summed E-state index contributed by atoms with van der Waals surface area (Å²) in [7, 11) is 0. The normalized spacial score (nSPS) is 9.59. The fourth-order valence-electron chi connectivity index (χ4n) is 1.45. The fourth-order valence-corrected chi connectivity index (χ4v) is 1.90. The summed E-state index contributed by atoms with van der Waals surface area (Å²) in [6.45, 7) is 1.17. The lowest BCUT2D eigenvalue weighted by Crippen LogP contribution is -1.90. The van der Waals surface area contributed by atoms with Crippen LogP contribution in [0, 0.1) is 5.82 Å². The number of fused-ring (bicyclic) bond motifs is 1. The van der Waals surface area contributed by atoms with Crippen LogP contribution >= 0.6 is 15.9 Å². The van der Waals surface area contributed by atoms with Gasteiger partial charge in [0.2, 0.25) is 0 Å². The Bertz CT molecular complexity index is 565. The van der Waals surface area contributed by atoms with Crippen LogP contribution in [0.2, 0.25) is 0 Å². The van der Waals surface area contributed by atoms with Crippen LogP contribution in [0.3, 0.4) is 0 Å². The van der Waals surface area contributed by atoms with Gasteiger partial charge in [0.25, 0.3) is 6.47 Å². The quantitative estimate of drug-likeness (QED) is 0.628. The highest BCUT2D eigenvalue weighted by Gasteiger charge is 2.13. The van der Waals surface area contributed by atoms with Crippen molar-refractivity contribution in [2.45, 2.75) is 6.92 Å². The van der Waals surface area contributed by atoms with Crippen LogP contribution in [-0.2, 0) is 4.79 Å². The second kappa shape index (κ2) is 5.58. The van der Waals surface area contributed by atoms with Gasteiger partial charge in [0, 0.05) is 21.6 Å². The van der Waals surface area contributed by atoms with Crippen molar-refractivity contribution in [1.29, 1.82) is 0 Å². The average molecular weight is 302 g/mol. The maximum atomic E-state index is 13.4. The largest absolute Gasteiger partial charge is 0.483 e. The van der Waals surface area contributed by atoms with E-state index in [4.69, 9.17) is 9.90 Å². The number of nitrogens with one attached hydrogen (secondary N) is 1. The number of halogens is 2. The Kier molecular flexibility index (Phi) is 4.39. The van der Waals surface area contributed by atoms with Crippen LogP contribution in [0.5, 0.6) is 0 Å². The zero-order chi connectivity index (χ0) is 13.0. The topological polar surface area (TPSA) is 70.2 Å². The van der Waals surface area contributed by atoms with Crippen LogP contribution < -0.4 is 0 Å². The number of carboxylic acid groups (broad SMARTS) is 1.